The fraction of sp³-hybridized carbons (Fsp3) is 0.773. The van der Waals surface area contributed by atoms with E-state index in [0.717, 1.165) is 25.5 Å². The van der Waals surface area contributed by atoms with Gasteiger partial charge in [-0.15, -0.1) is 35.3 Å². The first-order chi connectivity index (χ1) is 14.2. The second-order valence-corrected chi connectivity index (χ2v) is 9.55. The fourth-order valence-electron chi connectivity index (χ4n) is 4.66. The summed E-state index contributed by atoms with van der Waals surface area (Å²) in [6.45, 7) is 9.17. The maximum Gasteiger partial charge on any atom is 0.190 e. The molecule has 0 radical (unpaired) electrons. The molecule has 172 valence electrons. The molecule has 0 bridgehead atoms. The summed E-state index contributed by atoms with van der Waals surface area (Å²) >= 11 is 1.89. The van der Waals surface area contributed by atoms with E-state index in [2.05, 4.69) is 61.9 Å². The van der Waals surface area contributed by atoms with E-state index < -0.39 is 0 Å². The van der Waals surface area contributed by atoms with Crippen molar-refractivity contribution < 1.29 is 0 Å². The third-order valence-corrected chi connectivity index (χ3v) is 7.30. The van der Waals surface area contributed by atoms with Gasteiger partial charge in [0.05, 0.1) is 0 Å². The van der Waals surface area contributed by atoms with Gasteiger partial charge in [0.15, 0.2) is 5.96 Å². The summed E-state index contributed by atoms with van der Waals surface area (Å²) in [4.78, 5) is 13.5. The van der Waals surface area contributed by atoms with E-state index in [1.165, 1.54) is 63.4 Å². The lowest BCUT2D eigenvalue weighted by Gasteiger charge is -2.39. The minimum absolute atomic E-state index is 0. The van der Waals surface area contributed by atoms with Crippen LogP contribution in [0.2, 0.25) is 0 Å². The molecule has 0 amide bonds. The predicted molar refractivity (Wildman–Crippen MR) is 140 cm³/mol. The minimum Gasteiger partial charge on any atom is -0.356 e. The Labute approximate surface area is 204 Å². The number of aliphatic imine (C=N–C) groups is 1. The zero-order chi connectivity index (χ0) is 20.5. The lowest BCUT2D eigenvalue weighted by atomic mass is 9.88. The van der Waals surface area contributed by atoms with E-state index >= 15 is 0 Å². The number of guanidine groups is 1. The Morgan fingerprint density at radius 3 is 2.77 bits per heavy atom. The highest BCUT2D eigenvalue weighted by molar-refractivity contribution is 14.0. The van der Waals surface area contributed by atoms with Crippen molar-refractivity contribution in [2.75, 3.05) is 73.5 Å². The molecule has 0 aliphatic carbocycles. The van der Waals surface area contributed by atoms with E-state index in [-0.39, 0.29) is 24.0 Å². The first-order valence-electron chi connectivity index (χ1n) is 11.3. The molecule has 3 rings (SSSR count). The van der Waals surface area contributed by atoms with Gasteiger partial charge in [-0.2, -0.15) is 0 Å². The normalized spacial score (nSPS) is 24.8. The van der Waals surface area contributed by atoms with Crippen LogP contribution in [0.1, 0.15) is 36.6 Å². The molecule has 3 heterocycles. The lowest BCUT2D eigenvalue weighted by Crippen LogP contribution is -2.45. The average molecular weight is 549 g/mol. The summed E-state index contributed by atoms with van der Waals surface area (Å²) < 4.78 is 0. The van der Waals surface area contributed by atoms with Crippen LogP contribution in [-0.2, 0) is 0 Å². The number of likely N-dealkylation sites (N-methyl/N-ethyl adjacent to an activating group) is 1. The molecule has 1 aromatic rings. The van der Waals surface area contributed by atoms with Crippen molar-refractivity contribution in [3.8, 4) is 0 Å². The van der Waals surface area contributed by atoms with E-state index in [4.69, 9.17) is 0 Å². The fourth-order valence-corrected chi connectivity index (χ4v) is 5.65. The molecule has 0 aromatic carbocycles. The first kappa shape index (κ1) is 25.8. The van der Waals surface area contributed by atoms with Gasteiger partial charge in [-0.25, -0.2) is 0 Å². The maximum atomic E-state index is 4.45. The van der Waals surface area contributed by atoms with Gasteiger partial charge in [-0.05, 0) is 83.3 Å². The molecule has 0 spiro atoms. The Hall–Kier alpha value is -0.420. The number of nitrogens with one attached hydrogen (secondary N) is 2. The Kier molecular flexibility index (Phi) is 12.0. The van der Waals surface area contributed by atoms with Crippen LogP contribution in [0, 0.1) is 5.92 Å². The highest BCUT2D eigenvalue weighted by Crippen LogP contribution is 2.36. The standard InChI is InChI=1S/C22H40N6S.HI/c1-23-22(24-10-6-13-28-14-7-11-26(2)15-16-28)25-18-19-8-4-12-27(3)21(19)20-9-5-17-29-20;/h5,9,17,19,21H,4,6-8,10-16,18H2,1-3H3,(H2,23,24,25);1H. The second kappa shape index (κ2) is 13.9. The SMILES string of the molecule is CN=C(NCCCN1CCCN(C)CC1)NCC1CCCN(C)C1c1cccs1.I. The molecule has 6 nitrogen and oxygen atoms in total. The van der Waals surface area contributed by atoms with Crippen LogP contribution in [0.3, 0.4) is 0 Å². The summed E-state index contributed by atoms with van der Waals surface area (Å²) in [6.07, 6.45) is 5.00. The zero-order valence-electron chi connectivity index (χ0n) is 19.0. The quantitative estimate of drug-likeness (QED) is 0.238. The maximum absolute atomic E-state index is 4.45. The van der Waals surface area contributed by atoms with Gasteiger partial charge >= 0.3 is 0 Å². The second-order valence-electron chi connectivity index (χ2n) is 8.58. The molecular formula is C22H41IN6S. The van der Waals surface area contributed by atoms with E-state index in [1.807, 2.05) is 18.4 Å². The van der Waals surface area contributed by atoms with Gasteiger partial charge < -0.3 is 20.4 Å². The summed E-state index contributed by atoms with van der Waals surface area (Å²) in [7, 11) is 6.38. The molecular weight excluding hydrogens is 507 g/mol. The number of piperidine rings is 1. The molecule has 30 heavy (non-hydrogen) atoms. The van der Waals surface area contributed by atoms with Gasteiger partial charge in [-0.3, -0.25) is 9.89 Å². The van der Waals surface area contributed by atoms with Gasteiger partial charge in [0.2, 0.25) is 0 Å². The summed E-state index contributed by atoms with van der Waals surface area (Å²) in [5.41, 5.74) is 0. The molecule has 2 unspecified atom stereocenters. The highest BCUT2D eigenvalue weighted by Gasteiger charge is 2.31. The van der Waals surface area contributed by atoms with Crippen LogP contribution in [0.25, 0.3) is 0 Å². The smallest absolute Gasteiger partial charge is 0.190 e. The summed E-state index contributed by atoms with van der Waals surface area (Å²) in [5.74, 6) is 1.57. The number of rotatable bonds is 7. The topological polar surface area (TPSA) is 46.1 Å². The lowest BCUT2D eigenvalue weighted by molar-refractivity contribution is 0.125. The molecule has 0 saturated carbocycles. The number of likely N-dealkylation sites (tertiary alicyclic amines) is 1. The summed E-state index contributed by atoms with van der Waals surface area (Å²) in [6, 6.07) is 4.99. The first-order valence-corrected chi connectivity index (χ1v) is 12.1. The number of nitrogens with zero attached hydrogens (tertiary/aromatic N) is 4. The van der Waals surface area contributed by atoms with Gasteiger partial charge in [0.25, 0.3) is 0 Å². The van der Waals surface area contributed by atoms with Crippen molar-refractivity contribution >= 4 is 41.3 Å². The van der Waals surface area contributed by atoms with Gasteiger partial charge in [0.1, 0.15) is 0 Å². The number of hydrogen-bond donors (Lipinski definition) is 2. The van der Waals surface area contributed by atoms with Crippen LogP contribution < -0.4 is 10.6 Å². The van der Waals surface area contributed by atoms with Crippen molar-refractivity contribution in [3.05, 3.63) is 22.4 Å². The van der Waals surface area contributed by atoms with E-state index in [9.17, 15) is 0 Å². The van der Waals surface area contributed by atoms with Crippen molar-refractivity contribution in [1.82, 2.24) is 25.3 Å². The molecule has 2 fully saturated rings. The van der Waals surface area contributed by atoms with Gasteiger partial charge in [-0.1, -0.05) is 6.07 Å². The molecule has 2 aliphatic rings. The minimum atomic E-state index is 0. The third-order valence-electron chi connectivity index (χ3n) is 6.35. The monoisotopic (exact) mass is 548 g/mol. The average Bonchev–Trinajstić information content (AvgIpc) is 3.17. The number of halogens is 1. The molecule has 1 aromatic heterocycles. The van der Waals surface area contributed by atoms with Crippen LogP contribution >= 0.6 is 35.3 Å². The van der Waals surface area contributed by atoms with E-state index in [0.29, 0.717) is 12.0 Å². The largest absolute Gasteiger partial charge is 0.356 e. The van der Waals surface area contributed by atoms with E-state index in [1.54, 1.807) is 0 Å². The van der Waals surface area contributed by atoms with Gasteiger partial charge in [0, 0.05) is 44.1 Å². The molecule has 8 heteroatoms. The molecule has 2 saturated heterocycles. The Morgan fingerprint density at radius 1 is 1.13 bits per heavy atom. The van der Waals surface area contributed by atoms with Crippen LogP contribution in [0.15, 0.2) is 22.5 Å². The van der Waals surface area contributed by atoms with Crippen molar-refractivity contribution in [2.24, 2.45) is 10.9 Å². The Bertz CT molecular complexity index is 611. The molecule has 2 aliphatic heterocycles. The van der Waals surface area contributed by atoms with Crippen LogP contribution in [0.5, 0.6) is 0 Å². The number of hydrogen-bond acceptors (Lipinski definition) is 5. The van der Waals surface area contributed by atoms with Crippen molar-refractivity contribution in [1.29, 1.82) is 0 Å². The Balaban J connectivity index is 0.00000320. The zero-order valence-corrected chi connectivity index (χ0v) is 22.1. The van der Waals surface area contributed by atoms with Crippen molar-refractivity contribution in [3.63, 3.8) is 0 Å². The number of thiophene rings is 1. The molecule has 2 atom stereocenters. The van der Waals surface area contributed by atoms with Crippen LogP contribution in [-0.4, -0.2) is 94.2 Å². The summed E-state index contributed by atoms with van der Waals surface area (Å²) in [5, 5.41) is 9.33. The van der Waals surface area contributed by atoms with Crippen LogP contribution in [0.4, 0.5) is 0 Å². The molecule has 2 N–H and O–H groups in total. The predicted octanol–water partition coefficient (Wildman–Crippen LogP) is 2.94. The highest BCUT2D eigenvalue weighted by atomic mass is 127. The van der Waals surface area contributed by atoms with Crippen molar-refractivity contribution in [2.45, 2.75) is 31.7 Å². The third kappa shape index (κ3) is 7.93. The Morgan fingerprint density at radius 2 is 2.00 bits per heavy atom.